The van der Waals surface area contributed by atoms with E-state index in [1.54, 1.807) is 31.2 Å². The predicted octanol–water partition coefficient (Wildman–Crippen LogP) is 1.78. The number of carboxylic acids is 1. The highest BCUT2D eigenvalue weighted by molar-refractivity contribution is 7.91. The highest BCUT2D eigenvalue weighted by atomic mass is 32.2. The molecule has 1 fully saturated rings. The molecule has 0 amide bonds. The van der Waals surface area contributed by atoms with Gasteiger partial charge in [-0.25, -0.2) is 8.42 Å². The number of nitrogens with zero attached hydrogens (tertiary/aromatic N) is 1. The zero-order chi connectivity index (χ0) is 14.8. The van der Waals surface area contributed by atoms with Crippen molar-refractivity contribution < 1.29 is 18.3 Å². The molecular weight excluding hydrogens is 278 g/mol. The molecule has 0 radical (unpaired) electrons. The Balaban J connectivity index is 2.16. The fourth-order valence-corrected chi connectivity index (χ4v) is 3.33. The number of hydrogen-bond acceptors (Lipinski definition) is 4. The summed E-state index contributed by atoms with van der Waals surface area (Å²) < 4.78 is 23.5. The third-order valence-electron chi connectivity index (χ3n) is 3.71. The van der Waals surface area contributed by atoms with Crippen molar-refractivity contribution in [3.63, 3.8) is 0 Å². The molecule has 1 aliphatic heterocycles. The molecule has 20 heavy (non-hydrogen) atoms. The maximum Gasteiger partial charge on any atom is 0.308 e. The zero-order valence-electron chi connectivity index (χ0n) is 11.4. The lowest BCUT2D eigenvalue weighted by Gasteiger charge is -2.32. The van der Waals surface area contributed by atoms with E-state index in [9.17, 15) is 13.2 Å². The smallest absolute Gasteiger partial charge is 0.308 e. The summed E-state index contributed by atoms with van der Waals surface area (Å²) in [5.41, 5.74) is 0.881. The standard InChI is InChI=1S/C14H19NO4S/c1-2-20(18,19)13-7-5-12(6-8-13)15-9-3-4-11(10-15)14(16)17/h5-8,11H,2-4,9-10H2,1H3,(H,16,17). The summed E-state index contributed by atoms with van der Waals surface area (Å²) in [6, 6.07) is 6.71. The maximum atomic E-state index is 11.7. The molecule has 5 nitrogen and oxygen atoms in total. The SMILES string of the molecule is CCS(=O)(=O)c1ccc(N2CCCC(C(=O)O)C2)cc1. The number of aliphatic carboxylic acids is 1. The van der Waals surface area contributed by atoms with Gasteiger partial charge in [0.05, 0.1) is 16.6 Å². The van der Waals surface area contributed by atoms with Crippen LogP contribution >= 0.6 is 0 Å². The second-order valence-corrected chi connectivity index (χ2v) is 7.30. The van der Waals surface area contributed by atoms with Crippen LogP contribution in [0.4, 0.5) is 5.69 Å². The highest BCUT2D eigenvalue weighted by Gasteiger charge is 2.25. The average molecular weight is 297 g/mol. The van der Waals surface area contributed by atoms with Gasteiger partial charge in [-0.2, -0.15) is 0 Å². The lowest BCUT2D eigenvalue weighted by Crippen LogP contribution is -2.38. The summed E-state index contributed by atoms with van der Waals surface area (Å²) >= 11 is 0. The van der Waals surface area contributed by atoms with Crippen molar-refractivity contribution in [1.29, 1.82) is 0 Å². The number of anilines is 1. The molecule has 2 rings (SSSR count). The Bertz CT molecular complexity index is 580. The second-order valence-electron chi connectivity index (χ2n) is 5.02. The van der Waals surface area contributed by atoms with Crippen molar-refractivity contribution >= 4 is 21.5 Å². The quantitative estimate of drug-likeness (QED) is 0.917. The number of benzene rings is 1. The minimum atomic E-state index is -3.18. The van der Waals surface area contributed by atoms with E-state index in [2.05, 4.69) is 0 Å². The molecule has 1 atom stereocenters. The molecule has 0 saturated carbocycles. The van der Waals surface area contributed by atoms with Crippen LogP contribution in [0.3, 0.4) is 0 Å². The third kappa shape index (κ3) is 3.12. The summed E-state index contributed by atoms with van der Waals surface area (Å²) in [6.45, 7) is 2.91. The number of carbonyl (C=O) groups is 1. The van der Waals surface area contributed by atoms with Crippen LogP contribution in [0.1, 0.15) is 19.8 Å². The van der Waals surface area contributed by atoms with Gasteiger partial charge in [0.25, 0.3) is 0 Å². The number of rotatable bonds is 4. The third-order valence-corrected chi connectivity index (χ3v) is 5.46. The molecule has 0 bridgehead atoms. The topological polar surface area (TPSA) is 74.7 Å². The Morgan fingerprint density at radius 2 is 2.00 bits per heavy atom. The minimum absolute atomic E-state index is 0.0805. The number of carboxylic acid groups (broad SMARTS) is 1. The van der Waals surface area contributed by atoms with Gasteiger partial charge in [-0.3, -0.25) is 4.79 Å². The van der Waals surface area contributed by atoms with E-state index in [0.29, 0.717) is 17.9 Å². The van der Waals surface area contributed by atoms with E-state index in [1.807, 2.05) is 4.90 Å². The summed E-state index contributed by atoms with van der Waals surface area (Å²) in [6.07, 6.45) is 1.54. The van der Waals surface area contributed by atoms with Gasteiger partial charge in [-0.15, -0.1) is 0 Å². The van der Waals surface area contributed by atoms with Gasteiger partial charge in [0, 0.05) is 18.8 Å². The summed E-state index contributed by atoms with van der Waals surface area (Å²) in [4.78, 5) is 13.4. The van der Waals surface area contributed by atoms with Crippen molar-refractivity contribution in [2.45, 2.75) is 24.7 Å². The number of hydrogen-bond donors (Lipinski definition) is 1. The van der Waals surface area contributed by atoms with Gasteiger partial charge >= 0.3 is 5.97 Å². The highest BCUT2D eigenvalue weighted by Crippen LogP contribution is 2.24. The van der Waals surface area contributed by atoms with Gasteiger partial charge in [-0.1, -0.05) is 6.92 Å². The van der Waals surface area contributed by atoms with E-state index >= 15 is 0 Å². The fourth-order valence-electron chi connectivity index (χ4n) is 2.44. The molecule has 1 aliphatic rings. The van der Waals surface area contributed by atoms with E-state index in [1.165, 1.54) is 0 Å². The number of sulfone groups is 1. The number of piperidine rings is 1. The lowest BCUT2D eigenvalue weighted by atomic mass is 9.98. The Hall–Kier alpha value is -1.56. The van der Waals surface area contributed by atoms with E-state index in [-0.39, 0.29) is 11.7 Å². The van der Waals surface area contributed by atoms with Crippen LogP contribution in [0.25, 0.3) is 0 Å². The Labute approximate surface area is 119 Å². The first kappa shape index (κ1) is 14.8. The Morgan fingerprint density at radius 1 is 1.35 bits per heavy atom. The first-order chi connectivity index (χ1) is 9.44. The molecule has 6 heteroatoms. The van der Waals surface area contributed by atoms with Crippen molar-refractivity contribution in [1.82, 2.24) is 0 Å². The molecular formula is C14H19NO4S. The molecule has 1 N–H and O–H groups in total. The van der Waals surface area contributed by atoms with Crippen molar-refractivity contribution in [3.8, 4) is 0 Å². The molecule has 1 saturated heterocycles. The zero-order valence-corrected chi connectivity index (χ0v) is 12.3. The van der Waals surface area contributed by atoms with Crippen LogP contribution in [0, 0.1) is 5.92 Å². The van der Waals surface area contributed by atoms with E-state index in [0.717, 1.165) is 18.7 Å². The Morgan fingerprint density at radius 3 is 2.55 bits per heavy atom. The van der Waals surface area contributed by atoms with Crippen molar-refractivity contribution in [2.75, 3.05) is 23.7 Å². The molecule has 0 spiro atoms. The van der Waals surface area contributed by atoms with Crippen molar-refractivity contribution in [3.05, 3.63) is 24.3 Å². The van der Waals surface area contributed by atoms with Gasteiger partial charge in [0.15, 0.2) is 9.84 Å². The van der Waals surface area contributed by atoms with Crippen LogP contribution in [-0.4, -0.2) is 38.3 Å². The van der Waals surface area contributed by atoms with Crippen LogP contribution in [-0.2, 0) is 14.6 Å². The fraction of sp³-hybridized carbons (Fsp3) is 0.500. The molecule has 0 aromatic heterocycles. The van der Waals surface area contributed by atoms with Gasteiger partial charge in [-0.05, 0) is 37.1 Å². The van der Waals surface area contributed by atoms with Gasteiger partial charge < -0.3 is 10.0 Å². The molecule has 1 heterocycles. The van der Waals surface area contributed by atoms with Gasteiger partial charge in [0.2, 0.25) is 0 Å². The predicted molar refractivity (Wildman–Crippen MR) is 76.7 cm³/mol. The van der Waals surface area contributed by atoms with Crippen LogP contribution in [0.15, 0.2) is 29.2 Å². The summed E-state index contributed by atoms with van der Waals surface area (Å²) in [5.74, 6) is -1.03. The molecule has 1 unspecified atom stereocenters. The van der Waals surface area contributed by atoms with Gasteiger partial charge in [0.1, 0.15) is 0 Å². The molecule has 0 aliphatic carbocycles. The Kier molecular flexibility index (Phi) is 4.32. The minimum Gasteiger partial charge on any atom is -0.481 e. The summed E-state index contributed by atoms with van der Waals surface area (Å²) in [5, 5.41) is 9.08. The molecule has 1 aromatic rings. The van der Waals surface area contributed by atoms with Crippen LogP contribution < -0.4 is 4.90 Å². The summed E-state index contributed by atoms with van der Waals surface area (Å²) in [7, 11) is -3.18. The first-order valence-corrected chi connectivity index (χ1v) is 8.40. The molecule has 1 aromatic carbocycles. The van der Waals surface area contributed by atoms with Crippen LogP contribution in [0.5, 0.6) is 0 Å². The van der Waals surface area contributed by atoms with E-state index < -0.39 is 15.8 Å². The maximum absolute atomic E-state index is 11.7. The normalized spacial score (nSPS) is 19.9. The largest absolute Gasteiger partial charge is 0.481 e. The van der Waals surface area contributed by atoms with Crippen LogP contribution in [0.2, 0.25) is 0 Å². The monoisotopic (exact) mass is 297 g/mol. The molecule has 110 valence electrons. The van der Waals surface area contributed by atoms with Crippen molar-refractivity contribution in [2.24, 2.45) is 5.92 Å². The van der Waals surface area contributed by atoms with E-state index in [4.69, 9.17) is 5.11 Å². The second kappa shape index (κ2) is 5.83. The first-order valence-electron chi connectivity index (χ1n) is 6.74. The average Bonchev–Trinajstić information content (AvgIpc) is 2.47. The lowest BCUT2D eigenvalue weighted by molar-refractivity contribution is -0.141.